The van der Waals surface area contributed by atoms with Gasteiger partial charge in [-0.25, -0.2) is 0 Å². The molecule has 2 saturated carbocycles. The zero-order valence-corrected chi connectivity index (χ0v) is 44.3. The van der Waals surface area contributed by atoms with Crippen molar-refractivity contribution in [2.75, 3.05) is 13.1 Å². The Morgan fingerprint density at radius 1 is 0.378 bits per heavy atom. The molecule has 0 amide bonds. The molecule has 384 valence electrons. The summed E-state index contributed by atoms with van der Waals surface area (Å²) in [7, 11) is 0. The monoisotopic (exact) mass is 1070 g/mol. The first-order valence-corrected chi connectivity index (χ1v) is 27.1. The second kappa shape index (κ2) is 25.2. The van der Waals surface area contributed by atoms with E-state index in [1.165, 1.54) is 0 Å². The van der Waals surface area contributed by atoms with Crippen molar-refractivity contribution >= 4 is 71.3 Å². The Morgan fingerprint density at radius 2 is 0.635 bits per heavy atom. The van der Waals surface area contributed by atoms with E-state index in [9.17, 15) is 20.4 Å². The van der Waals surface area contributed by atoms with Gasteiger partial charge in [-0.15, -0.1) is 0 Å². The van der Waals surface area contributed by atoms with Crippen molar-refractivity contribution in [2.24, 2.45) is 20.0 Å². The van der Waals surface area contributed by atoms with E-state index in [1.54, 1.807) is 73.4 Å². The van der Waals surface area contributed by atoms with Crippen LogP contribution in [-0.4, -0.2) is 92.3 Å². The van der Waals surface area contributed by atoms with Crippen LogP contribution in [0.1, 0.15) is 107 Å². The predicted octanol–water partition coefficient (Wildman–Crippen LogP) is 13.6. The molecule has 10 nitrogen and oxygen atoms in total. The Balaban J connectivity index is 1.11. The molecule has 2 fully saturated rings. The van der Waals surface area contributed by atoms with Crippen molar-refractivity contribution in [1.82, 2.24) is 9.80 Å². The van der Waals surface area contributed by atoms with Crippen molar-refractivity contribution in [3.05, 3.63) is 185 Å². The summed E-state index contributed by atoms with van der Waals surface area (Å²) < 4.78 is 0. The van der Waals surface area contributed by atoms with Crippen molar-refractivity contribution in [3.8, 4) is 23.0 Å². The smallest absolute Gasteiger partial charge is 0.128 e. The Labute approximate surface area is 454 Å². The molecule has 2 aliphatic carbocycles. The molecule has 1 heterocycles. The second-order valence-corrected chi connectivity index (χ2v) is 21.6. The molecule has 0 spiro atoms. The second-order valence-electron chi connectivity index (χ2n) is 19.9. The van der Waals surface area contributed by atoms with Gasteiger partial charge in [0.15, 0.2) is 0 Å². The normalized spacial score (nSPS) is 20.2. The van der Waals surface area contributed by atoms with E-state index in [1.807, 2.05) is 36.4 Å². The van der Waals surface area contributed by atoms with Gasteiger partial charge in [-0.3, -0.25) is 29.8 Å². The maximum Gasteiger partial charge on any atom is 0.128 e. The van der Waals surface area contributed by atoms with Crippen LogP contribution in [0, 0.1) is 0 Å². The summed E-state index contributed by atoms with van der Waals surface area (Å²) in [6.07, 6.45) is 15.3. The van der Waals surface area contributed by atoms with Crippen molar-refractivity contribution in [1.29, 1.82) is 0 Å². The molecule has 0 unspecified atom stereocenters. The van der Waals surface area contributed by atoms with Crippen LogP contribution in [-0.2, 0) is 39.0 Å². The minimum atomic E-state index is -0.188. The number of phenols is 4. The fourth-order valence-corrected chi connectivity index (χ4v) is 11.4. The number of aliphatic imine (C=N–C) groups is 4. The molecule has 9 rings (SSSR count). The number of hydrogen-bond acceptors (Lipinski definition) is 10. The van der Waals surface area contributed by atoms with Gasteiger partial charge in [-0.2, -0.15) is 0 Å². The SMILES string of the molecule is Oc1c2cc(Cl)cc1CN(CCc1ccccc1)Cc1cc(Cl)cc(c1O)C=N[C@H]1CCCC[C@@H]1N=Cc1cc(Cl)cc(c1O)CN(CCc1ccccc1)Cc1cc(Cl)cc(c1O)C=N[C@H]1CCCC[C@@H]1N=C2. The number of nitrogens with zero attached hydrogens (tertiary/aromatic N) is 6. The fraction of sp³-hybridized carbons (Fsp3) is 0.333. The molecule has 8 bridgehead atoms. The van der Waals surface area contributed by atoms with E-state index in [-0.39, 0.29) is 47.2 Å². The molecule has 3 aliphatic rings. The summed E-state index contributed by atoms with van der Waals surface area (Å²) in [4.78, 5) is 24.5. The van der Waals surface area contributed by atoms with Gasteiger partial charge < -0.3 is 20.4 Å². The van der Waals surface area contributed by atoms with Gasteiger partial charge >= 0.3 is 0 Å². The van der Waals surface area contributed by atoms with Gasteiger partial charge in [0.2, 0.25) is 0 Å². The van der Waals surface area contributed by atoms with E-state index in [4.69, 9.17) is 66.4 Å². The Bertz CT molecular complexity index is 2660. The summed E-state index contributed by atoms with van der Waals surface area (Å²) in [6.45, 7) is 2.44. The van der Waals surface area contributed by atoms with Crippen LogP contribution in [0.15, 0.2) is 129 Å². The summed E-state index contributed by atoms with van der Waals surface area (Å²) in [5.74, 6) is 0.300. The van der Waals surface area contributed by atoms with E-state index >= 15 is 0 Å². The third kappa shape index (κ3) is 14.0. The zero-order chi connectivity index (χ0) is 51.6. The lowest BCUT2D eigenvalue weighted by atomic mass is 9.91. The van der Waals surface area contributed by atoms with E-state index in [0.717, 1.165) is 75.3 Å². The molecule has 4 N–H and O–H groups in total. The standard InChI is InChI=1S/C60H62Cl4N6O4/c61-49-23-41-31-65-53-15-7-9-17-55(53)67-33-43-25-51(63)29-47(59(43)73)37-70(22-20-40-13-5-2-6-14-40)38-48-30-52(64)26-44(60(48)74)34-68-56-18-10-8-16-54(56)66-32-42-24-50(62)28-46(58(42)72)36-69(35-45(27-49)57(41)71)21-19-39-11-3-1-4-12-39/h1-6,11-14,23-34,53-56,71-74H,7-10,15-22,35-38H2/t53-,54-,55-,56-/m0/s1. The maximum atomic E-state index is 11.9. The summed E-state index contributed by atoms with van der Waals surface area (Å²) >= 11 is 27.3. The topological polar surface area (TPSA) is 137 Å². The molecular weight excluding hydrogens is 1010 g/mol. The van der Waals surface area contributed by atoms with Gasteiger partial charge in [0.05, 0.1) is 24.2 Å². The quantitative estimate of drug-likeness (QED) is 0.131. The van der Waals surface area contributed by atoms with Crippen LogP contribution < -0.4 is 0 Å². The zero-order valence-electron chi connectivity index (χ0n) is 41.3. The van der Waals surface area contributed by atoms with Crippen LogP contribution in [0.3, 0.4) is 0 Å². The highest BCUT2D eigenvalue weighted by Gasteiger charge is 2.27. The lowest BCUT2D eigenvalue weighted by Crippen LogP contribution is -2.27. The van der Waals surface area contributed by atoms with Crippen LogP contribution >= 0.6 is 46.4 Å². The molecule has 6 aromatic carbocycles. The van der Waals surface area contributed by atoms with E-state index in [2.05, 4.69) is 34.1 Å². The van der Waals surface area contributed by atoms with Crippen molar-refractivity contribution < 1.29 is 20.4 Å². The Morgan fingerprint density at radius 3 is 0.892 bits per heavy atom. The lowest BCUT2D eigenvalue weighted by Gasteiger charge is -2.26. The van der Waals surface area contributed by atoms with E-state index < -0.39 is 0 Å². The first kappa shape index (κ1) is 53.1. The average Bonchev–Trinajstić information content (AvgIpc) is 3.40. The highest BCUT2D eigenvalue weighted by Crippen LogP contribution is 2.35. The highest BCUT2D eigenvalue weighted by molar-refractivity contribution is 6.32. The first-order chi connectivity index (χ1) is 35.9. The summed E-state index contributed by atoms with van der Waals surface area (Å²) in [6, 6.07) is 33.6. The minimum absolute atomic E-state index is 0.0750. The van der Waals surface area contributed by atoms with Crippen molar-refractivity contribution in [3.63, 3.8) is 0 Å². The van der Waals surface area contributed by atoms with Crippen LogP contribution in [0.25, 0.3) is 0 Å². The Kier molecular flexibility index (Phi) is 18.1. The number of halogens is 4. The number of benzene rings is 6. The number of rotatable bonds is 6. The highest BCUT2D eigenvalue weighted by atomic mass is 35.5. The van der Waals surface area contributed by atoms with Crippen LogP contribution in [0.2, 0.25) is 20.1 Å². The van der Waals surface area contributed by atoms with Crippen molar-refractivity contribution in [2.45, 2.75) is 115 Å². The van der Waals surface area contributed by atoms with Gasteiger partial charge in [0, 0.05) is 129 Å². The average molecular weight is 1070 g/mol. The minimum Gasteiger partial charge on any atom is -0.507 e. The number of hydrogen-bond donors (Lipinski definition) is 4. The fourth-order valence-electron chi connectivity index (χ4n) is 10.4. The number of fused-ring (bicyclic) bond motifs is 10. The molecule has 0 saturated heterocycles. The van der Waals surface area contributed by atoms with E-state index in [0.29, 0.717) is 104 Å². The molecule has 0 aromatic heterocycles. The maximum absolute atomic E-state index is 11.9. The summed E-state index contributed by atoms with van der Waals surface area (Å²) in [5.41, 5.74) is 6.75. The largest absolute Gasteiger partial charge is 0.507 e. The first-order valence-electron chi connectivity index (χ1n) is 25.6. The van der Waals surface area contributed by atoms with Crippen LogP contribution in [0.5, 0.6) is 23.0 Å². The van der Waals surface area contributed by atoms with Gasteiger partial charge in [0.1, 0.15) is 23.0 Å². The van der Waals surface area contributed by atoms with Gasteiger partial charge in [0.25, 0.3) is 0 Å². The number of phenolic OH excluding ortho intramolecular Hbond substituents is 4. The van der Waals surface area contributed by atoms with Crippen LogP contribution in [0.4, 0.5) is 0 Å². The van der Waals surface area contributed by atoms with Gasteiger partial charge in [-0.05, 0) is 98.2 Å². The molecule has 1 aliphatic heterocycles. The third-order valence-electron chi connectivity index (χ3n) is 14.4. The molecule has 74 heavy (non-hydrogen) atoms. The predicted molar refractivity (Wildman–Crippen MR) is 303 cm³/mol. The molecule has 0 radical (unpaired) electrons. The molecule has 14 heteroatoms. The number of aromatic hydroxyl groups is 4. The molecule has 4 atom stereocenters. The Hall–Kier alpha value is -5.72. The molecule has 6 aromatic rings. The third-order valence-corrected chi connectivity index (χ3v) is 15.3. The van der Waals surface area contributed by atoms with Gasteiger partial charge in [-0.1, -0.05) is 133 Å². The lowest BCUT2D eigenvalue weighted by molar-refractivity contribution is 0.253. The summed E-state index contributed by atoms with van der Waals surface area (Å²) in [5, 5.41) is 49.5. The molecular formula is C60H62Cl4N6O4.